The van der Waals surface area contributed by atoms with E-state index in [1.807, 2.05) is 0 Å². The van der Waals surface area contributed by atoms with Gasteiger partial charge in [-0.3, -0.25) is 4.79 Å². The first-order valence-corrected chi connectivity index (χ1v) is 9.17. The molecule has 208 valence electrons. The number of nitrogens with one attached hydrogen (secondary N) is 1. The molecule has 21 heteroatoms. The maximum Gasteiger partial charge on any atom is 0.393 e. The zero-order valence-electron chi connectivity index (χ0n) is 15.8. The summed E-state index contributed by atoms with van der Waals surface area (Å²) in [6.07, 6.45) is 0. The molecule has 36 heavy (non-hydrogen) atoms. The molecule has 2 nitrogen and oxygen atoms in total. The van der Waals surface area contributed by atoms with Crippen LogP contribution in [0.5, 0.6) is 0 Å². The maximum atomic E-state index is 13.9. The summed E-state index contributed by atoms with van der Waals surface area (Å²) >= 11 is 14.2. The lowest BCUT2D eigenvalue weighted by molar-refractivity contribution is -0.445. The van der Waals surface area contributed by atoms with Crippen molar-refractivity contribution < 1.29 is 75.0 Å². The topological polar surface area (TPSA) is 29.1 Å². The third kappa shape index (κ3) is 4.50. The highest BCUT2D eigenvalue weighted by Gasteiger charge is 2.95. The Morgan fingerprint density at radius 3 is 1.33 bits per heavy atom. The molecule has 0 aliphatic rings. The monoisotopic (exact) mass is 623 g/mol. The third-order valence-electron chi connectivity index (χ3n) is 4.19. The van der Waals surface area contributed by atoms with Gasteiger partial charge in [0, 0.05) is 5.02 Å². The lowest BCUT2D eigenvalue weighted by Gasteiger charge is -2.42. The van der Waals surface area contributed by atoms with E-state index in [1.165, 1.54) is 0 Å². The molecule has 1 N–H and O–H groups in total. The van der Waals surface area contributed by atoms with Gasteiger partial charge in [0.25, 0.3) is 0 Å². The highest BCUT2D eigenvalue weighted by Crippen LogP contribution is 2.64. The number of hydrogen-bond donors (Lipinski definition) is 1. The predicted octanol–water partition coefficient (Wildman–Crippen LogP) is 8.21. The highest BCUT2D eigenvalue weighted by atomic mass is 35.5. The van der Waals surface area contributed by atoms with Gasteiger partial charge in [-0.2, -0.15) is 70.2 Å². The summed E-state index contributed by atoms with van der Waals surface area (Å²) < 4.78 is 214. The Labute approximate surface area is 202 Å². The smallest absolute Gasteiger partial charge is 0.319 e. The van der Waals surface area contributed by atoms with Crippen LogP contribution in [0.15, 0.2) is 18.2 Å². The number of carbonyl (C=O) groups excluding carboxylic acids is 1. The highest BCUT2D eigenvalue weighted by molar-refractivity contribution is 6.36. The molecule has 0 aliphatic carbocycles. The number of benzene rings is 1. The molecule has 0 aliphatic heterocycles. The first-order valence-electron chi connectivity index (χ1n) is 8.03. The van der Waals surface area contributed by atoms with Crippen LogP contribution in [-0.2, 0) is 4.79 Å². The van der Waals surface area contributed by atoms with E-state index in [4.69, 9.17) is 23.2 Å². The standard InChI is InChI=1S/C15H4Cl3F16NO/c16-4-1-2-6(5(17)3-4)35-7(36)8(19,20)9(21,22)10(23,24)11(25,26)12(27,28)13(29,30)14(31,32)15(18,33)34/h1-3H,(H,35,36). The van der Waals surface area contributed by atoms with Gasteiger partial charge in [-0.25, -0.2) is 0 Å². The predicted molar refractivity (Wildman–Crippen MR) is 90.5 cm³/mol. The molecule has 0 atom stereocenters. The van der Waals surface area contributed by atoms with Crippen molar-refractivity contribution in [2.24, 2.45) is 0 Å². The quantitative estimate of drug-likeness (QED) is 0.218. The molecule has 1 amide bonds. The van der Waals surface area contributed by atoms with Crippen LogP contribution in [0.1, 0.15) is 0 Å². The molecule has 1 aromatic carbocycles. The van der Waals surface area contributed by atoms with E-state index in [2.05, 4.69) is 11.6 Å². The Bertz CT molecular complexity index is 1010. The van der Waals surface area contributed by atoms with E-state index in [0.29, 0.717) is 17.4 Å². The molecule has 0 saturated carbocycles. The van der Waals surface area contributed by atoms with Gasteiger partial charge < -0.3 is 5.32 Å². The SMILES string of the molecule is O=C(Nc1ccc(Cl)cc1Cl)C(F)(F)C(F)(F)C(F)(F)C(F)(F)C(F)(F)C(F)(F)C(F)(F)C(F)(F)Cl. The van der Waals surface area contributed by atoms with Gasteiger partial charge in [0.2, 0.25) is 0 Å². The van der Waals surface area contributed by atoms with E-state index in [1.54, 1.807) is 0 Å². The van der Waals surface area contributed by atoms with Crippen LogP contribution >= 0.6 is 34.8 Å². The minimum Gasteiger partial charge on any atom is -0.319 e. The molecule has 0 spiro atoms. The van der Waals surface area contributed by atoms with Gasteiger partial charge in [-0.05, 0) is 29.8 Å². The molecule has 0 heterocycles. The number of alkyl halides is 17. The van der Waals surface area contributed by atoms with Crippen LogP contribution in [-0.4, -0.2) is 52.7 Å². The Kier molecular flexibility index (Phi) is 8.14. The first-order chi connectivity index (χ1) is 15.6. The number of anilines is 1. The third-order valence-corrected chi connectivity index (χ3v) is 4.97. The number of halogens is 19. The fourth-order valence-electron chi connectivity index (χ4n) is 2.10. The summed E-state index contributed by atoms with van der Waals surface area (Å²) in [6, 6.07) is 1.82. The largest absolute Gasteiger partial charge is 0.393 e. The average molecular weight is 625 g/mol. The summed E-state index contributed by atoms with van der Waals surface area (Å²) in [5.74, 6) is -61.0. The van der Waals surface area contributed by atoms with Crippen molar-refractivity contribution in [1.82, 2.24) is 0 Å². The second kappa shape index (κ2) is 9.03. The zero-order valence-corrected chi connectivity index (χ0v) is 18.1. The van der Waals surface area contributed by atoms with E-state index in [-0.39, 0.29) is 5.02 Å². The first kappa shape index (κ1) is 32.5. The van der Waals surface area contributed by atoms with Crippen LogP contribution in [0, 0.1) is 0 Å². The summed E-state index contributed by atoms with van der Waals surface area (Å²) in [7, 11) is 0. The van der Waals surface area contributed by atoms with Crippen LogP contribution in [0.2, 0.25) is 10.0 Å². The molecule has 1 rings (SSSR count). The Hall–Kier alpha value is -1.56. The van der Waals surface area contributed by atoms with Crippen molar-refractivity contribution in [2.45, 2.75) is 46.8 Å². The minimum absolute atomic E-state index is 0.288. The lowest BCUT2D eigenvalue weighted by Crippen LogP contribution is -2.75. The normalized spacial score (nSPS) is 15.2. The number of rotatable bonds is 9. The van der Waals surface area contributed by atoms with E-state index in [0.717, 1.165) is 6.07 Å². The van der Waals surface area contributed by atoms with Gasteiger partial charge in [0.05, 0.1) is 10.7 Å². The molecular weight excluding hydrogens is 620 g/mol. The molecule has 0 unspecified atom stereocenters. The fraction of sp³-hybridized carbons (Fsp3) is 0.533. The van der Waals surface area contributed by atoms with E-state index < -0.39 is 63.5 Å². The summed E-state index contributed by atoms with van der Waals surface area (Å²) in [6.45, 7) is 0. The van der Waals surface area contributed by atoms with Crippen molar-refractivity contribution in [3.63, 3.8) is 0 Å². The maximum absolute atomic E-state index is 13.9. The number of amides is 1. The summed E-state index contributed by atoms with van der Waals surface area (Å²) in [5.41, 5.74) is -1.13. The molecule has 0 saturated heterocycles. The summed E-state index contributed by atoms with van der Waals surface area (Å²) in [5, 5.41) is -7.32. The second-order valence-corrected chi connectivity index (χ2v) is 7.92. The van der Waals surface area contributed by atoms with Crippen molar-refractivity contribution in [2.75, 3.05) is 5.32 Å². The average Bonchev–Trinajstić information content (AvgIpc) is 2.68. The number of carbonyl (C=O) groups is 1. The van der Waals surface area contributed by atoms with Gasteiger partial charge in [-0.1, -0.05) is 23.2 Å². The van der Waals surface area contributed by atoms with Crippen LogP contribution in [0.4, 0.5) is 75.9 Å². The summed E-state index contributed by atoms with van der Waals surface area (Å²) in [4.78, 5) is 11.4. The van der Waals surface area contributed by atoms with Crippen molar-refractivity contribution in [3.8, 4) is 0 Å². The van der Waals surface area contributed by atoms with Crippen LogP contribution in [0.25, 0.3) is 0 Å². The van der Waals surface area contributed by atoms with Crippen molar-refractivity contribution in [1.29, 1.82) is 0 Å². The molecule has 1 aromatic rings. The molecule has 0 bridgehead atoms. The Balaban J connectivity index is 3.59. The van der Waals surface area contributed by atoms with E-state index >= 15 is 0 Å². The number of hydrogen-bond acceptors (Lipinski definition) is 1. The molecule has 0 aromatic heterocycles. The van der Waals surface area contributed by atoms with Gasteiger partial charge >= 0.3 is 52.7 Å². The fourth-order valence-corrected chi connectivity index (χ4v) is 2.67. The molecule has 0 radical (unpaired) electrons. The molecule has 0 fully saturated rings. The Morgan fingerprint density at radius 2 is 0.972 bits per heavy atom. The van der Waals surface area contributed by atoms with Gasteiger partial charge in [-0.15, -0.1) is 0 Å². The van der Waals surface area contributed by atoms with Crippen LogP contribution < -0.4 is 5.32 Å². The van der Waals surface area contributed by atoms with Crippen molar-refractivity contribution in [3.05, 3.63) is 28.2 Å². The lowest BCUT2D eigenvalue weighted by atomic mass is 9.89. The second-order valence-electron chi connectivity index (χ2n) is 6.60. The van der Waals surface area contributed by atoms with E-state index in [9.17, 15) is 75.0 Å². The molecular formula is C15H4Cl3F16NO. The van der Waals surface area contributed by atoms with Crippen LogP contribution in [0.3, 0.4) is 0 Å². The Morgan fingerprint density at radius 1 is 0.611 bits per heavy atom. The van der Waals surface area contributed by atoms with Crippen molar-refractivity contribution >= 4 is 46.4 Å². The van der Waals surface area contributed by atoms with Gasteiger partial charge in [0.1, 0.15) is 0 Å². The minimum atomic E-state index is -8.67. The van der Waals surface area contributed by atoms with Gasteiger partial charge in [0.15, 0.2) is 0 Å². The zero-order chi connectivity index (χ0) is 29.1.